The van der Waals surface area contributed by atoms with Crippen molar-refractivity contribution < 1.29 is 0 Å². The second-order valence-corrected chi connectivity index (χ2v) is 5.54. The lowest BCUT2D eigenvalue weighted by atomic mass is 10.1. The summed E-state index contributed by atoms with van der Waals surface area (Å²) in [5.74, 6) is 0. The van der Waals surface area contributed by atoms with Gasteiger partial charge in [0.2, 0.25) is 0 Å². The first kappa shape index (κ1) is 19.8. The van der Waals surface area contributed by atoms with E-state index in [0.717, 1.165) is 29.8 Å². The zero-order chi connectivity index (χ0) is 17.9. The Labute approximate surface area is 146 Å². The average molecular weight is 326 g/mol. The molecule has 1 aromatic heterocycles. The second kappa shape index (κ2) is 10.5. The van der Waals surface area contributed by atoms with Gasteiger partial charge < -0.3 is 16.0 Å². The number of nitrogens with one attached hydrogen (secondary N) is 2. The maximum absolute atomic E-state index is 6.28. The van der Waals surface area contributed by atoms with Crippen LogP contribution in [-0.4, -0.2) is 17.6 Å². The van der Waals surface area contributed by atoms with Gasteiger partial charge in [0.25, 0.3) is 0 Å². The lowest BCUT2D eigenvalue weighted by Gasteiger charge is -2.14. The number of fused-ring (bicyclic) bond motifs is 1. The third kappa shape index (κ3) is 5.74. The van der Waals surface area contributed by atoms with Crippen LogP contribution in [0.15, 0.2) is 66.5 Å². The smallest absolute Gasteiger partial charge is 0.0456 e. The molecule has 0 aliphatic carbocycles. The molecule has 0 radical (unpaired) electrons. The largest absolute Gasteiger partial charge is 0.384 e. The van der Waals surface area contributed by atoms with Crippen molar-refractivity contribution in [1.82, 2.24) is 10.3 Å². The zero-order valence-corrected chi connectivity index (χ0v) is 15.4. The summed E-state index contributed by atoms with van der Waals surface area (Å²) in [6.45, 7) is 12.6. The maximum Gasteiger partial charge on any atom is 0.0456 e. The molecule has 1 unspecified atom stereocenters. The topological polar surface area (TPSA) is 53.8 Å². The molecule has 3 heteroatoms. The van der Waals surface area contributed by atoms with Gasteiger partial charge in [0.15, 0.2) is 0 Å². The molecule has 2 aromatic rings. The van der Waals surface area contributed by atoms with Gasteiger partial charge in [-0.2, -0.15) is 0 Å². The van der Waals surface area contributed by atoms with Crippen LogP contribution in [0.1, 0.15) is 33.3 Å². The van der Waals surface area contributed by atoms with E-state index < -0.39 is 0 Å². The molecule has 1 aromatic carbocycles. The minimum absolute atomic E-state index is 0.0617. The third-order valence-corrected chi connectivity index (χ3v) is 3.74. The first-order valence-corrected chi connectivity index (χ1v) is 8.65. The highest BCUT2D eigenvalue weighted by Crippen LogP contribution is 2.18. The Balaban J connectivity index is 0.00000139. The van der Waals surface area contributed by atoms with Gasteiger partial charge >= 0.3 is 0 Å². The van der Waals surface area contributed by atoms with E-state index in [1.807, 2.05) is 45.9 Å². The number of allylic oxidation sites excluding steroid dienone is 4. The molecule has 3 nitrogen and oxygen atoms in total. The van der Waals surface area contributed by atoms with Crippen LogP contribution in [0.4, 0.5) is 0 Å². The molecule has 0 amide bonds. The highest BCUT2D eigenvalue weighted by Gasteiger charge is 2.08. The number of aromatic amines is 1. The van der Waals surface area contributed by atoms with Gasteiger partial charge in [0.05, 0.1) is 0 Å². The van der Waals surface area contributed by atoms with Crippen molar-refractivity contribution in [1.29, 1.82) is 0 Å². The number of H-pyrrole nitrogens is 1. The van der Waals surface area contributed by atoms with Crippen molar-refractivity contribution in [3.05, 3.63) is 72.1 Å². The monoisotopic (exact) mass is 325 g/mol. The standard InChI is InChI=1S/C19H25N3.C2H6/c1-4-14(3)10-17(5-2)21-13-16(20)11-15-12-22-19-9-7-6-8-18(15)19;1-2/h4-10,12,16,21-22H,1,11,13,20H2,2-3H3;1-2H3/b14-10-,17-5+;. The van der Waals surface area contributed by atoms with E-state index in [0.29, 0.717) is 0 Å². The van der Waals surface area contributed by atoms with Crippen LogP contribution in [0.25, 0.3) is 10.9 Å². The van der Waals surface area contributed by atoms with Gasteiger partial charge in [-0.1, -0.05) is 50.8 Å². The summed E-state index contributed by atoms with van der Waals surface area (Å²) in [6, 6.07) is 8.38. The summed E-state index contributed by atoms with van der Waals surface area (Å²) in [5, 5.41) is 4.65. The van der Waals surface area contributed by atoms with Crippen LogP contribution in [0.2, 0.25) is 0 Å². The minimum atomic E-state index is 0.0617. The van der Waals surface area contributed by atoms with Crippen LogP contribution in [0.3, 0.4) is 0 Å². The molecule has 0 saturated carbocycles. The van der Waals surface area contributed by atoms with E-state index >= 15 is 0 Å². The molecule has 1 heterocycles. The van der Waals surface area contributed by atoms with Gasteiger partial charge in [-0.05, 0) is 43.5 Å². The number of hydrogen-bond donors (Lipinski definition) is 3. The fourth-order valence-electron chi connectivity index (χ4n) is 2.44. The number of rotatable bonds is 7. The summed E-state index contributed by atoms with van der Waals surface area (Å²) >= 11 is 0. The predicted octanol–water partition coefficient (Wildman–Crippen LogP) is 4.69. The molecule has 2 rings (SSSR count). The third-order valence-electron chi connectivity index (χ3n) is 3.74. The summed E-state index contributed by atoms with van der Waals surface area (Å²) < 4.78 is 0. The molecule has 4 N–H and O–H groups in total. The van der Waals surface area contributed by atoms with E-state index in [-0.39, 0.29) is 6.04 Å². The first-order chi connectivity index (χ1) is 11.6. The van der Waals surface area contributed by atoms with Crippen LogP contribution in [-0.2, 0) is 6.42 Å². The van der Waals surface area contributed by atoms with Crippen molar-refractivity contribution >= 4 is 10.9 Å². The van der Waals surface area contributed by atoms with Crippen molar-refractivity contribution in [3.8, 4) is 0 Å². The van der Waals surface area contributed by atoms with Gasteiger partial charge in [0, 0.05) is 35.4 Å². The van der Waals surface area contributed by atoms with Gasteiger partial charge in [-0.25, -0.2) is 0 Å². The van der Waals surface area contributed by atoms with E-state index in [9.17, 15) is 0 Å². The molecule has 1 atom stereocenters. The van der Waals surface area contributed by atoms with E-state index in [1.165, 1.54) is 10.9 Å². The van der Waals surface area contributed by atoms with E-state index in [2.05, 4.69) is 47.4 Å². The summed E-state index contributed by atoms with van der Waals surface area (Å²) in [7, 11) is 0. The minimum Gasteiger partial charge on any atom is -0.384 e. The van der Waals surface area contributed by atoms with Crippen molar-refractivity contribution in [2.75, 3.05) is 6.54 Å². The fraction of sp³-hybridized carbons (Fsp3) is 0.333. The van der Waals surface area contributed by atoms with Gasteiger partial charge in [-0.15, -0.1) is 0 Å². The lowest BCUT2D eigenvalue weighted by Crippen LogP contribution is -2.35. The molecular formula is C21H31N3. The Kier molecular flexibility index (Phi) is 8.66. The van der Waals surface area contributed by atoms with E-state index in [1.54, 1.807) is 0 Å². The number of hydrogen-bond acceptors (Lipinski definition) is 2. The lowest BCUT2D eigenvalue weighted by molar-refractivity contribution is 0.623. The average Bonchev–Trinajstić information content (AvgIpc) is 3.03. The molecular weight excluding hydrogens is 294 g/mol. The Hall–Kier alpha value is -2.26. The van der Waals surface area contributed by atoms with Crippen molar-refractivity contribution in [2.24, 2.45) is 5.73 Å². The normalized spacial score (nSPS) is 13.2. The van der Waals surface area contributed by atoms with Crippen LogP contribution >= 0.6 is 0 Å². The highest BCUT2D eigenvalue weighted by molar-refractivity contribution is 5.83. The Morgan fingerprint density at radius 1 is 1.33 bits per heavy atom. The molecule has 0 fully saturated rings. The number of nitrogens with two attached hydrogens (primary N) is 1. The fourth-order valence-corrected chi connectivity index (χ4v) is 2.44. The Bertz CT molecular complexity index is 692. The number of aromatic nitrogens is 1. The highest BCUT2D eigenvalue weighted by atomic mass is 14.9. The zero-order valence-electron chi connectivity index (χ0n) is 15.4. The van der Waals surface area contributed by atoms with Gasteiger partial charge in [-0.3, -0.25) is 0 Å². The maximum atomic E-state index is 6.28. The van der Waals surface area contributed by atoms with Crippen molar-refractivity contribution in [2.45, 2.75) is 40.2 Å². The molecule has 0 aliphatic heterocycles. The van der Waals surface area contributed by atoms with Crippen LogP contribution in [0.5, 0.6) is 0 Å². The predicted molar refractivity (Wildman–Crippen MR) is 107 cm³/mol. The van der Waals surface area contributed by atoms with E-state index in [4.69, 9.17) is 5.73 Å². The summed E-state index contributed by atoms with van der Waals surface area (Å²) in [5.41, 5.74) is 10.9. The molecule has 130 valence electrons. The SMILES string of the molecule is C=C/C(C)=C\C(=C/C)NCC(N)Cc1c[nH]c2ccccc12.CC. The second-order valence-electron chi connectivity index (χ2n) is 5.54. The number of para-hydroxylation sites is 1. The molecule has 0 saturated heterocycles. The van der Waals surface area contributed by atoms with Crippen LogP contribution in [0, 0.1) is 0 Å². The molecule has 24 heavy (non-hydrogen) atoms. The quantitative estimate of drug-likeness (QED) is 0.647. The molecule has 0 bridgehead atoms. The van der Waals surface area contributed by atoms with Crippen LogP contribution < -0.4 is 11.1 Å². The van der Waals surface area contributed by atoms with Gasteiger partial charge in [0.1, 0.15) is 0 Å². The first-order valence-electron chi connectivity index (χ1n) is 8.65. The summed E-state index contributed by atoms with van der Waals surface area (Å²) in [4.78, 5) is 3.30. The molecule has 0 aliphatic rings. The Morgan fingerprint density at radius 3 is 2.71 bits per heavy atom. The molecule has 0 spiro atoms. The van der Waals surface area contributed by atoms with Crippen molar-refractivity contribution in [3.63, 3.8) is 0 Å². The summed E-state index contributed by atoms with van der Waals surface area (Å²) in [6.07, 6.45) is 8.87. The number of benzene rings is 1. The Morgan fingerprint density at radius 2 is 2.04 bits per heavy atom.